The largest absolute Gasteiger partial charge is 0.491 e. The third-order valence-corrected chi connectivity index (χ3v) is 3.51. The number of fused-ring (bicyclic) bond motifs is 1. The molecule has 124 valence electrons. The zero-order chi connectivity index (χ0) is 16.1. The highest BCUT2D eigenvalue weighted by atomic mass is 16.7. The van der Waals surface area contributed by atoms with Crippen molar-refractivity contribution in [2.24, 2.45) is 0 Å². The Morgan fingerprint density at radius 2 is 2.26 bits per heavy atom. The van der Waals surface area contributed by atoms with Crippen LogP contribution < -0.4 is 19.5 Å². The van der Waals surface area contributed by atoms with Crippen LogP contribution in [0.25, 0.3) is 0 Å². The average molecular weight is 319 g/mol. The van der Waals surface area contributed by atoms with E-state index < -0.39 is 6.10 Å². The second-order valence-corrected chi connectivity index (χ2v) is 5.52. The van der Waals surface area contributed by atoms with Crippen molar-refractivity contribution in [1.29, 1.82) is 0 Å². The molecule has 1 aromatic carbocycles. The highest BCUT2D eigenvalue weighted by Crippen LogP contribution is 2.35. The number of aliphatic hydroxyl groups is 1. The molecule has 2 aromatic rings. The molecule has 0 saturated heterocycles. The standard InChI is InChI=1S/C16H21N3O4/c1-12(9-19-6-2-5-18-19)17-8-13(20)10-21-14-3-4-15-16(7-14)23-11-22-15/h2-7,12-13,17,20H,8-11H2,1H3/t12-,13-/m0/s1. The van der Waals surface area contributed by atoms with Crippen LogP contribution in [0.5, 0.6) is 17.2 Å². The number of benzene rings is 1. The van der Waals surface area contributed by atoms with Crippen molar-refractivity contribution in [3.05, 3.63) is 36.7 Å². The molecule has 7 nitrogen and oxygen atoms in total. The third kappa shape index (κ3) is 4.37. The minimum Gasteiger partial charge on any atom is -0.491 e. The van der Waals surface area contributed by atoms with E-state index >= 15 is 0 Å². The Labute approximate surface area is 134 Å². The van der Waals surface area contributed by atoms with Crippen molar-refractivity contribution in [2.45, 2.75) is 25.6 Å². The molecule has 2 atom stereocenters. The Morgan fingerprint density at radius 1 is 1.39 bits per heavy atom. The molecule has 0 spiro atoms. The quantitative estimate of drug-likeness (QED) is 0.757. The molecule has 0 radical (unpaired) electrons. The maximum absolute atomic E-state index is 10.0. The number of aliphatic hydroxyl groups excluding tert-OH is 1. The number of aromatic nitrogens is 2. The molecule has 1 aliphatic rings. The Balaban J connectivity index is 1.38. The summed E-state index contributed by atoms with van der Waals surface area (Å²) in [5.41, 5.74) is 0. The average Bonchev–Trinajstić information content (AvgIpc) is 3.21. The van der Waals surface area contributed by atoms with Gasteiger partial charge in [-0.2, -0.15) is 5.10 Å². The summed E-state index contributed by atoms with van der Waals surface area (Å²) in [4.78, 5) is 0. The van der Waals surface area contributed by atoms with Gasteiger partial charge >= 0.3 is 0 Å². The van der Waals surface area contributed by atoms with Gasteiger partial charge in [0, 0.05) is 31.0 Å². The third-order valence-electron chi connectivity index (χ3n) is 3.51. The van der Waals surface area contributed by atoms with Gasteiger partial charge in [-0.3, -0.25) is 4.68 Å². The molecule has 1 aromatic heterocycles. The normalized spacial score (nSPS) is 15.4. The fourth-order valence-electron chi connectivity index (χ4n) is 2.31. The summed E-state index contributed by atoms with van der Waals surface area (Å²) in [5.74, 6) is 2.04. The summed E-state index contributed by atoms with van der Waals surface area (Å²) in [6.45, 7) is 3.70. The molecular weight excluding hydrogens is 298 g/mol. The number of hydrogen-bond acceptors (Lipinski definition) is 6. The molecule has 2 heterocycles. The van der Waals surface area contributed by atoms with Gasteiger partial charge in [-0.15, -0.1) is 0 Å². The molecule has 0 saturated carbocycles. The lowest BCUT2D eigenvalue weighted by Gasteiger charge is -2.17. The summed E-state index contributed by atoms with van der Waals surface area (Å²) < 4.78 is 18.0. The first-order valence-electron chi connectivity index (χ1n) is 7.62. The van der Waals surface area contributed by atoms with Crippen LogP contribution in [0.2, 0.25) is 0 Å². The first-order chi connectivity index (χ1) is 11.2. The fraction of sp³-hybridized carbons (Fsp3) is 0.438. The van der Waals surface area contributed by atoms with Crippen LogP contribution in [0.1, 0.15) is 6.92 Å². The zero-order valence-electron chi connectivity index (χ0n) is 13.0. The smallest absolute Gasteiger partial charge is 0.231 e. The van der Waals surface area contributed by atoms with Crippen molar-refractivity contribution in [3.8, 4) is 17.2 Å². The summed E-state index contributed by atoms with van der Waals surface area (Å²) in [6, 6.07) is 7.46. The van der Waals surface area contributed by atoms with E-state index in [2.05, 4.69) is 10.4 Å². The first kappa shape index (κ1) is 15.6. The van der Waals surface area contributed by atoms with E-state index in [1.54, 1.807) is 24.4 Å². The van der Waals surface area contributed by atoms with Gasteiger partial charge in [0.1, 0.15) is 18.5 Å². The van der Waals surface area contributed by atoms with E-state index in [1.807, 2.05) is 23.9 Å². The molecule has 0 unspecified atom stereocenters. The van der Waals surface area contributed by atoms with Crippen LogP contribution in [0.4, 0.5) is 0 Å². The molecule has 0 amide bonds. The van der Waals surface area contributed by atoms with E-state index in [0.29, 0.717) is 23.8 Å². The van der Waals surface area contributed by atoms with Gasteiger partial charge in [-0.25, -0.2) is 0 Å². The highest BCUT2D eigenvalue weighted by molar-refractivity contribution is 5.46. The Hall–Kier alpha value is -2.25. The van der Waals surface area contributed by atoms with Crippen molar-refractivity contribution in [2.75, 3.05) is 19.9 Å². The number of hydrogen-bond donors (Lipinski definition) is 2. The Morgan fingerprint density at radius 3 is 3.09 bits per heavy atom. The summed E-state index contributed by atoms with van der Waals surface area (Å²) >= 11 is 0. The van der Waals surface area contributed by atoms with Crippen molar-refractivity contribution < 1.29 is 19.3 Å². The van der Waals surface area contributed by atoms with Crippen LogP contribution in [0.15, 0.2) is 36.7 Å². The lowest BCUT2D eigenvalue weighted by atomic mass is 10.3. The zero-order valence-corrected chi connectivity index (χ0v) is 13.0. The number of ether oxygens (including phenoxy) is 3. The topological polar surface area (TPSA) is 77.8 Å². The van der Waals surface area contributed by atoms with Gasteiger partial charge in [0.25, 0.3) is 0 Å². The molecule has 0 fully saturated rings. The van der Waals surface area contributed by atoms with Gasteiger partial charge < -0.3 is 24.6 Å². The SMILES string of the molecule is C[C@@H](Cn1cccn1)NC[C@H](O)COc1ccc2c(c1)OCO2. The molecule has 23 heavy (non-hydrogen) atoms. The molecule has 1 aliphatic heterocycles. The molecular formula is C16H21N3O4. The monoisotopic (exact) mass is 319 g/mol. The number of nitrogens with one attached hydrogen (secondary N) is 1. The van der Waals surface area contributed by atoms with Gasteiger partial charge in [-0.1, -0.05) is 0 Å². The second kappa shape index (κ2) is 7.34. The lowest BCUT2D eigenvalue weighted by Crippen LogP contribution is -2.38. The highest BCUT2D eigenvalue weighted by Gasteiger charge is 2.14. The first-order valence-corrected chi connectivity index (χ1v) is 7.62. The van der Waals surface area contributed by atoms with Crippen molar-refractivity contribution >= 4 is 0 Å². The Kier molecular flexibility index (Phi) is 4.99. The molecule has 0 aliphatic carbocycles. The van der Waals surface area contributed by atoms with Gasteiger partial charge in [0.2, 0.25) is 6.79 Å². The van der Waals surface area contributed by atoms with Crippen molar-refractivity contribution in [1.82, 2.24) is 15.1 Å². The maximum atomic E-state index is 10.0. The van der Waals surface area contributed by atoms with E-state index in [-0.39, 0.29) is 19.4 Å². The Bertz CT molecular complexity index is 618. The predicted octanol–water partition coefficient (Wildman–Crippen LogP) is 1.03. The summed E-state index contributed by atoms with van der Waals surface area (Å²) in [5, 5.41) is 17.4. The molecule has 7 heteroatoms. The molecule has 2 N–H and O–H groups in total. The van der Waals surface area contributed by atoms with Gasteiger partial charge in [-0.05, 0) is 25.1 Å². The molecule has 0 bridgehead atoms. The van der Waals surface area contributed by atoms with Crippen molar-refractivity contribution in [3.63, 3.8) is 0 Å². The maximum Gasteiger partial charge on any atom is 0.231 e. The molecule has 3 rings (SSSR count). The van der Waals surface area contributed by atoms with E-state index in [9.17, 15) is 5.11 Å². The van der Waals surface area contributed by atoms with Crippen LogP contribution in [-0.2, 0) is 6.54 Å². The second-order valence-electron chi connectivity index (χ2n) is 5.52. The van der Waals surface area contributed by atoms with Gasteiger partial charge in [0.05, 0.1) is 6.54 Å². The van der Waals surface area contributed by atoms with Crippen LogP contribution in [0.3, 0.4) is 0 Å². The van der Waals surface area contributed by atoms with Gasteiger partial charge in [0.15, 0.2) is 11.5 Å². The van der Waals surface area contributed by atoms with Crippen LogP contribution in [0, 0.1) is 0 Å². The van der Waals surface area contributed by atoms with Crippen LogP contribution in [-0.4, -0.2) is 47.0 Å². The lowest BCUT2D eigenvalue weighted by molar-refractivity contribution is 0.103. The summed E-state index contributed by atoms with van der Waals surface area (Å²) in [6.07, 6.45) is 3.07. The minimum atomic E-state index is -0.597. The summed E-state index contributed by atoms with van der Waals surface area (Å²) in [7, 11) is 0. The number of rotatable bonds is 8. The van der Waals surface area contributed by atoms with E-state index in [4.69, 9.17) is 14.2 Å². The minimum absolute atomic E-state index is 0.204. The van der Waals surface area contributed by atoms with E-state index in [1.165, 1.54) is 0 Å². The fourth-order valence-corrected chi connectivity index (χ4v) is 2.31. The number of nitrogens with zero attached hydrogens (tertiary/aromatic N) is 2. The van der Waals surface area contributed by atoms with Crippen LogP contribution >= 0.6 is 0 Å². The predicted molar refractivity (Wildman–Crippen MR) is 83.8 cm³/mol. The van der Waals surface area contributed by atoms with E-state index in [0.717, 1.165) is 6.54 Å².